The molecule has 2 aromatic rings. The third kappa shape index (κ3) is 5.89. The van der Waals surface area contributed by atoms with Gasteiger partial charge in [0.05, 0.1) is 10.5 Å². The molecule has 0 spiro atoms. The van der Waals surface area contributed by atoms with Gasteiger partial charge < -0.3 is 4.74 Å². The van der Waals surface area contributed by atoms with Crippen LogP contribution in [0.25, 0.3) is 0 Å². The molecule has 0 bridgehead atoms. The van der Waals surface area contributed by atoms with Gasteiger partial charge in [-0.15, -0.1) is 0 Å². The van der Waals surface area contributed by atoms with Crippen LogP contribution in [-0.4, -0.2) is 29.5 Å². The smallest absolute Gasteiger partial charge is 0.272 e. The van der Waals surface area contributed by atoms with Gasteiger partial charge in [-0.3, -0.25) is 15.0 Å². The summed E-state index contributed by atoms with van der Waals surface area (Å²) in [7, 11) is 0. The number of carbonyl (C=O) groups excluding carboxylic acids is 2. The Hall–Kier alpha value is -2.85. The number of hydrogen-bond donors (Lipinski definition) is 1. The van der Waals surface area contributed by atoms with Crippen molar-refractivity contribution < 1.29 is 14.3 Å². The fourth-order valence-corrected chi connectivity index (χ4v) is 4.37. The van der Waals surface area contributed by atoms with Crippen molar-refractivity contribution in [3.63, 3.8) is 0 Å². The molecule has 0 aliphatic heterocycles. The largest absolute Gasteiger partial charge is 0.477 e. The lowest BCUT2D eigenvalue weighted by molar-refractivity contribution is 0.0409. The average Bonchev–Trinajstić information content (AvgIpc) is 2.71. The summed E-state index contributed by atoms with van der Waals surface area (Å²) in [4.78, 5) is 26.8. The lowest BCUT2D eigenvalue weighted by atomic mass is 9.99. The van der Waals surface area contributed by atoms with Crippen LogP contribution >= 0.6 is 15.9 Å². The monoisotopic (exact) mass is 499 g/mol. The van der Waals surface area contributed by atoms with E-state index in [1.807, 2.05) is 58.9 Å². The minimum absolute atomic E-state index is 0.132. The van der Waals surface area contributed by atoms with Crippen LogP contribution in [0, 0.1) is 38.0 Å². The topological polar surface area (TPSA) is 82.4 Å². The van der Waals surface area contributed by atoms with Gasteiger partial charge in [0, 0.05) is 16.7 Å². The summed E-state index contributed by atoms with van der Waals surface area (Å²) in [5, 5.41) is 10.3. The number of aryl methyl sites for hydroxylation is 2. The molecule has 1 N–H and O–H groups in total. The van der Waals surface area contributed by atoms with Gasteiger partial charge >= 0.3 is 0 Å². The SMILES string of the molecule is CC[C@H](C(C)C)N(NC(=O)c1ccc(Br)c(OCC#N)c1C)C(=O)c1cc(C)cc(C)c1. The van der Waals surface area contributed by atoms with Crippen molar-refractivity contribution in [3.8, 4) is 11.8 Å². The lowest BCUT2D eigenvalue weighted by Gasteiger charge is -2.34. The molecule has 0 unspecified atom stereocenters. The van der Waals surface area contributed by atoms with Crippen molar-refractivity contribution in [2.75, 3.05) is 6.61 Å². The first kappa shape index (κ1) is 25.4. The summed E-state index contributed by atoms with van der Waals surface area (Å²) < 4.78 is 6.15. The van der Waals surface area contributed by atoms with Crippen LogP contribution in [0.4, 0.5) is 0 Å². The van der Waals surface area contributed by atoms with Gasteiger partial charge in [0.2, 0.25) is 0 Å². The Labute approximate surface area is 198 Å². The van der Waals surface area contributed by atoms with Gasteiger partial charge in [-0.1, -0.05) is 38.0 Å². The molecule has 6 nitrogen and oxygen atoms in total. The zero-order chi connectivity index (χ0) is 24.0. The zero-order valence-electron chi connectivity index (χ0n) is 19.5. The Kier molecular flexibility index (Phi) is 8.85. The Balaban J connectivity index is 2.45. The highest BCUT2D eigenvalue weighted by Gasteiger charge is 2.29. The minimum Gasteiger partial charge on any atom is -0.477 e. The summed E-state index contributed by atoms with van der Waals surface area (Å²) in [5.41, 5.74) is 6.32. The van der Waals surface area contributed by atoms with Crippen LogP contribution in [0.3, 0.4) is 0 Å². The van der Waals surface area contributed by atoms with Crippen molar-refractivity contribution in [2.45, 2.75) is 54.0 Å². The van der Waals surface area contributed by atoms with E-state index < -0.39 is 5.91 Å². The van der Waals surface area contributed by atoms with Crippen molar-refractivity contribution in [2.24, 2.45) is 5.92 Å². The lowest BCUT2D eigenvalue weighted by Crippen LogP contribution is -2.53. The van der Waals surface area contributed by atoms with E-state index in [0.29, 0.717) is 33.3 Å². The number of hydrogen-bond acceptors (Lipinski definition) is 4. The second-order valence-corrected chi connectivity index (χ2v) is 9.06. The third-order valence-electron chi connectivity index (χ3n) is 5.31. The Bertz CT molecular complexity index is 1020. The molecule has 0 fully saturated rings. The molecule has 0 saturated carbocycles. The van der Waals surface area contributed by atoms with E-state index in [1.54, 1.807) is 19.1 Å². The van der Waals surface area contributed by atoms with Crippen molar-refractivity contribution >= 4 is 27.7 Å². The summed E-state index contributed by atoms with van der Waals surface area (Å²) >= 11 is 3.40. The van der Waals surface area contributed by atoms with Crippen LogP contribution in [0.15, 0.2) is 34.8 Å². The number of benzene rings is 2. The van der Waals surface area contributed by atoms with Gasteiger partial charge in [0.25, 0.3) is 11.8 Å². The number of ether oxygens (including phenoxy) is 1. The fraction of sp³-hybridized carbons (Fsp3) is 0.400. The van der Waals surface area contributed by atoms with E-state index in [1.165, 1.54) is 5.01 Å². The first-order valence-electron chi connectivity index (χ1n) is 10.6. The van der Waals surface area contributed by atoms with Crippen LogP contribution in [0.2, 0.25) is 0 Å². The molecule has 7 heteroatoms. The van der Waals surface area contributed by atoms with E-state index in [9.17, 15) is 9.59 Å². The average molecular weight is 500 g/mol. The Morgan fingerprint density at radius 1 is 1.16 bits per heavy atom. The Morgan fingerprint density at radius 2 is 1.78 bits per heavy atom. The minimum atomic E-state index is -0.409. The van der Waals surface area contributed by atoms with Gasteiger partial charge in [-0.2, -0.15) is 5.26 Å². The van der Waals surface area contributed by atoms with Gasteiger partial charge in [-0.25, -0.2) is 5.01 Å². The zero-order valence-corrected chi connectivity index (χ0v) is 21.0. The molecule has 0 radical (unpaired) electrons. The predicted octanol–water partition coefficient (Wildman–Crippen LogP) is 5.50. The standard InChI is InChI=1S/C25H30BrN3O3/c1-7-22(15(2)3)29(25(31)19-13-16(4)12-17(5)14-19)28-24(30)20-8-9-21(26)23(18(20)6)32-11-10-27/h8-9,12-15,22H,7,11H2,1-6H3,(H,28,30)/t22-/m1/s1. The molecule has 0 aliphatic rings. The molecule has 1 atom stereocenters. The first-order valence-corrected chi connectivity index (χ1v) is 11.4. The summed E-state index contributed by atoms with van der Waals surface area (Å²) in [6.45, 7) is 11.6. The highest BCUT2D eigenvalue weighted by Crippen LogP contribution is 2.31. The molecule has 0 aromatic heterocycles. The second kappa shape index (κ2) is 11.1. The van der Waals surface area contributed by atoms with Crippen molar-refractivity contribution in [3.05, 3.63) is 62.6 Å². The highest BCUT2D eigenvalue weighted by atomic mass is 79.9. The quantitative estimate of drug-likeness (QED) is 0.509. The molecule has 2 amide bonds. The third-order valence-corrected chi connectivity index (χ3v) is 5.94. The second-order valence-electron chi connectivity index (χ2n) is 8.21. The number of hydrazine groups is 1. The molecule has 32 heavy (non-hydrogen) atoms. The number of halogens is 1. The van der Waals surface area contributed by atoms with Gasteiger partial charge in [0.1, 0.15) is 11.8 Å². The molecule has 170 valence electrons. The maximum Gasteiger partial charge on any atom is 0.272 e. The van der Waals surface area contributed by atoms with E-state index in [4.69, 9.17) is 10.00 Å². The number of rotatable bonds is 7. The number of nitrogens with zero attached hydrogens (tertiary/aromatic N) is 2. The molecular formula is C25H30BrN3O3. The molecule has 0 saturated heterocycles. The molecule has 0 aliphatic carbocycles. The van der Waals surface area contributed by atoms with Crippen molar-refractivity contribution in [1.29, 1.82) is 5.26 Å². The number of nitrogens with one attached hydrogen (secondary N) is 1. The van der Waals surface area contributed by atoms with E-state index in [0.717, 1.165) is 11.1 Å². The van der Waals surface area contributed by atoms with Crippen LogP contribution in [0.5, 0.6) is 5.75 Å². The summed E-state index contributed by atoms with van der Waals surface area (Å²) in [6, 6.07) is 10.8. The predicted molar refractivity (Wildman–Crippen MR) is 128 cm³/mol. The van der Waals surface area contributed by atoms with Crippen LogP contribution in [0.1, 0.15) is 64.6 Å². The first-order chi connectivity index (χ1) is 15.1. The van der Waals surface area contributed by atoms with Gasteiger partial charge in [0.15, 0.2) is 6.61 Å². The number of carbonyl (C=O) groups is 2. The van der Waals surface area contributed by atoms with E-state index in [-0.39, 0.29) is 24.5 Å². The maximum atomic E-state index is 13.5. The van der Waals surface area contributed by atoms with Gasteiger partial charge in [-0.05, 0) is 73.3 Å². The van der Waals surface area contributed by atoms with Crippen LogP contribution in [-0.2, 0) is 0 Å². The number of nitriles is 1. The summed E-state index contributed by atoms with van der Waals surface area (Å²) in [6.07, 6.45) is 0.685. The molecule has 2 rings (SSSR count). The Morgan fingerprint density at radius 3 is 2.31 bits per heavy atom. The summed E-state index contributed by atoms with van der Waals surface area (Å²) in [5.74, 6) is -0.0898. The normalized spacial score (nSPS) is 11.6. The fourth-order valence-electron chi connectivity index (χ4n) is 3.83. The number of amides is 2. The molecular weight excluding hydrogens is 470 g/mol. The maximum absolute atomic E-state index is 13.5. The molecule has 2 aromatic carbocycles. The van der Waals surface area contributed by atoms with Crippen LogP contribution < -0.4 is 10.2 Å². The van der Waals surface area contributed by atoms with E-state index in [2.05, 4.69) is 21.4 Å². The van der Waals surface area contributed by atoms with Crippen molar-refractivity contribution in [1.82, 2.24) is 10.4 Å². The molecule has 0 heterocycles. The highest BCUT2D eigenvalue weighted by molar-refractivity contribution is 9.10. The van der Waals surface area contributed by atoms with E-state index >= 15 is 0 Å².